The van der Waals surface area contributed by atoms with Gasteiger partial charge in [-0.05, 0) is 49.2 Å². The standard InChI is InChI=1S/C20H24N2/c1-3-9-19(10-4-1)13-7-15-21-17-18-22-16-8-14-20-11-5-2-6-12-20/h1-6,9-12,15-16H,7-8,13-14,17-18H2. The van der Waals surface area contributed by atoms with Gasteiger partial charge in [0.2, 0.25) is 0 Å². The predicted octanol–water partition coefficient (Wildman–Crippen LogP) is 4.39. The molecule has 2 nitrogen and oxygen atoms in total. The quantitative estimate of drug-likeness (QED) is 0.483. The summed E-state index contributed by atoms with van der Waals surface area (Å²) in [4.78, 5) is 8.81. The van der Waals surface area contributed by atoms with E-state index in [1.165, 1.54) is 11.1 Å². The molecule has 0 saturated heterocycles. The smallest absolute Gasteiger partial charge is 0.0581 e. The van der Waals surface area contributed by atoms with Crippen LogP contribution in [0.25, 0.3) is 0 Å². The molecule has 0 spiro atoms. The summed E-state index contributed by atoms with van der Waals surface area (Å²) in [5.74, 6) is 0. The summed E-state index contributed by atoms with van der Waals surface area (Å²) >= 11 is 0. The molecule has 0 aromatic heterocycles. The molecule has 2 aromatic rings. The van der Waals surface area contributed by atoms with Crippen molar-refractivity contribution in [2.75, 3.05) is 13.1 Å². The minimum atomic E-state index is 0.788. The summed E-state index contributed by atoms with van der Waals surface area (Å²) < 4.78 is 0. The molecular formula is C20H24N2. The lowest BCUT2D eigenvalue weighted by atomic mass is 10.1. The van der Waals surface area contributed by atoms with Gasteiger partial charge in [0.1, 0.15) is 0 Å². The third kappa shape index (κ3) is 6.98. The van der Waals surface area contributed by atoms with E-state index in [9.17, 15) is 0 Å². The lowest BCUT2D eigenvalue weighted by molar-refractivity contribution is 0.955. The van der Waals surface area contributed by atoms with Gasteiger partial charge in [0.05, 0.1) is 13.1 Å². The number of aryl methyl sites for hydroxylation is 2. The van der Waals surface area contributed by atoms with Crippen LogP contribution in [0.4, 0.5) is 0 Å². The summed E-state index contributed by atoms with van der Waals surface area (Å²) in [7, 11) is 0. The molecule has 0 heterocycles. The van der Waals surface area contributed by atoms with E-state index in [4.69, 9.17) is 0 Å². The highest BCUT2D eigenvalue weighted by atomic mass is 14.8. The fourth-order valence-corrected chi connectivity index (χ4v) is 2.23. The first-order valence-electron chi connectivity index (χ1n) is 7.99. The highest BCUT2D eigenvalue weighted by Gasteiger charge is 1.89. The molecule has 0 amide bonds. The molecule has 0 aliphatic carbocycles. The Balaban J connectivity index is 1.50. The minimum absolute atomic E-state index is 0.788. The van der Waals surface area contributed by atoms with Crippen LogP contribution in [0.5, 0.6) is 0 Å². The van der Waals surface area contributed by atoms with Gasteiger partial charge in [-0.2, -0.15) is 0 Å². The third-order valence-corrected chi connectivity index (χ3v) is 3.43. The van der Waals surface area contributed by atoms with Crippen LogP contribution in [0.1, 0.15) is 24.0 Å². The van der Waals surface area contributed by atoms with Crippen LogP contribution in [-0.2, 0) is 12.8 Å². The van der Waals surface area contributed by atoms with Crippen molar-refractivity contribution in [3.05, 3.63) is 71.8 Å². The second-order valence-corrected chi connectivity index (χ2v) is 5.23. The summed E-state index contributed by atoms with van der Waals surface area (Å²) in [5.41, 5.74) is 2.74. The normalized spacial score (nSPS) is 11.5. The van der Waals surface area contributed by atoms with E-state index in [1.54, 1.807) is 0 Å². The molecule has 0 aliphatic heterocycles. The minimum Gasteiger partial charge on any atom is -0.296 e. The van der Waals surface area contributed by atoms with E-state index in [1.807, 2.05) is 24.6 Å². The number of hydrogen-bond donors (Lipinski definition) is 0. The number of benzene rings is 2. The molecule has 2 aromatic carbocycles. The predicted molar refractivity (Wildman–Crippen MR) is 96.2 cm³/mol. The first kappa shape index (κ1) is 16.2. The number of nitrogens with zero attached hydrogens (tertiary/aromatic N) is 2. The molecule has 114 valence electrons. The Morgan fingerprint density at radius 2 is 1.00 bits per heavy atom. The Hall–Kier alpha value is -2.22. The van der Waals surface area contributed by atoms with E-state index in [-0.39, 0.29) is 0 Å². The van der Waals surface area contributed by atoms with E-state index < -0.39 is 0 Å². The molecule has 0 bridgehead atoms. The van der Waals surface area contributed by atoms with Gasteiger partial charge in [-0.15, -0.1) is 0 Å². The molecule has 0 fully saturated rings. The van der Waals surface area contributed by atoms with Gasteiger partial charge in [-0.25, -0.2) is 0 Å². The highest BCUT2D eigenvalue weighted by Crippen LogP contribution is 2.01. The SMILES string of the molecule is C(CCc1ccccc1)=NCCN=CCCc1ccccc1. The number of rotatable bonds is 9. The van der Waals surface area contributed by atoms with E-state index in [2.05, 4.69) is 58.5 Å². The van der Waals surface area contributed by atoms with Gasteiger partial charge in [0, 0.05) is 0 Å². The van der Waals surface area contributed by atoms with Gasteiger partial charge in [-0.1, -0.05) is 60.7 Å². The van der Waals surface area contributed by atoms with Crippen LogP contribution in [-0.4, -0.2) is 25.5 Å². The topological polar surface area (TPSA) is 24.7 Å². The average molecular weight is 292 g/mol. The van der Waals surface area contributed by atoms with Crippen molar-refractivity contribution in [2.24, 2.45) is 9.98 Å². The molecule has 22 heavy (non-hydrogen) atoms. The van der Waals surface area contributed by atoms with Crippen LogP contribution < -0.4 is 0 Å². The average Bonchev–Trinajstić information content (AvgIpc) is 2.58. The van der Waals surface area contributed by atoms with E-state index in [0.29, 0.717) is 0 Å². The van der Waals surface area contributed by atoms with E-state index in [0.717, 1.165) is 38.8 Å². The Labute approximate surface area is 133 Å². The zero-order valence-electron chi connectivity index (χ0n) is 13.1. The largest absolute Gasteiger partial charge is 0.296 e. The maximum Gasteiger partial charge on any atom is 0.0581 e. The van der Waals surface area contributed by atoms with Crippen LogP contribution in [0.2, 0.25) is 0 Å². The van der Waals surface area contributed by atoms with Crippen LogP contribution in [0.3, 0.4) is 0 Å². The monoisotopic (exact) mass is 292 g/mol. The zero-order chi connectivity index (χ0) is 15.3. The van der Waals surface area contributed by atoms with E-state index >= 15 is 0 Å². The molecule has 0 N–H and O–H groups in total. The van der Waals surface area contributed by atoms with Gasteiger partial charge in [-0.3, -0.25) is 9.98 Å². The van der Waals surface area contributed by atoms with Crippen molar-refractivity contribution in [3.8, 4) is 0 Å². The van der Waals surface area contributed by atoms with Gasteiger partial charge in [0.15, 0.2) is 0 Å². The summed E-state index contributed by atoms with van der Waals surface area (Å²) in [6.07, 6.45) is 8.16. The second-order valence-electron chi connectivity index (χ2n) is 5.23. The summed E-state index contributed by atoms with van der Waals surface area (Å²) in [6.45, 7) is 1.58. The fraction of sp³-hybridized carbons (Fsp3) is 0.300. The van der Waals surface area contributed by atoms with Crippen molar-refractivity contribution >= 4 is 12.4 Å². The Morgan fingerprint density at radius 3 is 1.41 bits per heavy atom. The van der Waals surface area contributed by atoms with Crippen molar-refractivity contribution in [1.29, 1.82) is 0 Å². The molecule has 2 rings (SSSR count). The Morgan fingerprint density at radius 1 is 0.591 bits per heavy atom. The molecule has 0 radical (unpaired) electrons. The zero-order valence-corrected chi connectivity index (χ0v) is 13.1. The van der Waals surface area contributed by atoms with Crippen molar-refractivity contribution in [1.82, 2.24) is 0 Å². The van der Waals surface area contributed by atoms with Crippen molar-refractivity contribution in [2.45, 2.75) is 25.7 Å². The lowest BCUT2D eigenvalue weighted by Crippen LogP contribution is -1.91. The molecule has 0 saturated carbocycles. The van der Waals surface area contributed by atoms with Crippen LogP contribution >= 0.6 is 0 Å². The first-order chi connectivity index (χ1) is 10.9. The maximum absolute atomic E-state index is 4.40. The molecular weight excluding hydrogens is 268 g/mol. The third-order valence-electron chi connectivity index (χ3n) is 3.43. The first-order valence-corrected chi connectivity index (χ1v) is 7.99. The van der Waals surface area contributed by atoms with Gasteiger partial charge in [0.25, 0.3) is 0 Å². The molecule has 0 unspecified atom stereocenters. The van der Waals surface area contributed by atoms with Crippen LogP contribution in [0.15, 0.2) is 70.6 Å². The second kappa shape index (κ2) is 10.5. The fourth-order valence-electron chi connectivity index (χ4n) is 2.23. The number of aliphatic imine (C=N–C) groups is 2. The van der Waals surface area contributed by atoms with Crippen molar-refractivity contribution < 1.29 is 0 Å². The number of hydrogen-bond acceptors (Lipinski definition) is 2. The highest BCUT2D eigenvalue weighted by molar-refractivity contribution is 5.58. The van der Waals surface area contributed by atoms with Crippen LogP contribution in [0, 0.1) is 0 Å². The van der Waals surface area contributed by atoms with Gasteiger partial charge < -0.3 is 0 Å². The lowest BCUT2D eigenvalue weighted by Gasteiger charge is -1.96. The molecule has 0 aliphatic rings. The van der Waals surface area contributed by atoms with Gasteiger partial charge >= 0.3 is 0 Å². The molecule has 2 heteroatoms. The maximum atomic E-state index is 4.40. The summed E-state index contributed by atoms with van der Waals surface area (Å²) in [6, 6.07) is 21.0. The Kier molecular flexibility index (Phi) is 7.71. The molecule has 0 atom stereocenters. The van der Waals surface area contributed by atoms with Crippen molar-refractivity contribution in [3.63, 3.8) is 0 Å². The summed E-state index contributed by atoms with van der Waals surface area (Å²) in [5, 5.41) is 0. The Bertz CT molecular complexity index is 505.